The van der Waals surface area contributed by atoms with Gasteiger partial charge < -0.3 is 10.2 Å². The third-order valence-electron chi connectivity index (χ3n) is 7.97. The molecular formula is C36H35FN4O2S. The van der Waals surface area contributed by atoms with Gasteiger partial charge >= 0.3 is 0 Å². The van der Waals surface area contributed by atoms with E-state index in [9.17, 15) is 14.0 Å². The molecule has 8 heteroatoms. The molecule has 0 spiro atoms. The molecule has 2 amide bonds. The molecule has 224 valence electrons. The van der Waals surface area contributed by atoms with Crippen LogP contribution in [0, 0.1) is 5.82 Å². The fourth-order valence-electron chi connectivity index (χ4n) is 5.52. The van der Waals surface area contributed by atoms with Gasteiger partial charge in [0.05, 0.1) is 17.1 Å². The maximum Gasteiger partial charge on any atom is 0.265 e. The molecule has 2 aliphatic heterocycles. The van der Waals surface area contributed by atoms with Crippen LogP contribution in [-0.2, 0) is 17.9 Å². The number of carbonyl (C=O) groups is 2. The highest BCUT2D eigenvalue weighted by molar-refractivity contribution is 8.04. The minimum Gasteiger partial charge on any atom is -0.351 e. The maximum atomic E-state index is 13.8. The molecule has 0 radical (unpaired) electrons. The monoisotopic (exact) mass is 606 g/mol. The number of nitrogens with one attached hydrogen (secondary N) is 1. The lowest BCUT2D eigenvalue weighted by molar-refractivity contribution is -0.114. The number of benzene rings is 4. The van der Waals surface area contributed by atoms with Crippen LogP contribution >= 0.6 is 11.8 Å². The molecule has 1 fully saturated rings. The number of thioether (sulfide) groups is 1. The minimum absolute atomic E-state index is 0.153. The summed E-state index contributed by atoms with van der Waals surface area (Å²) in [7, 11) is 0. The van der Waals surface area contributed by atoms with Crippen molar-refractivity contribution in [3.05, 3.63) is 136 Å². The fourth-order valence-corrected chi connectivity index (χ4v) is 6.56. The van der Waals surface area contributed by atoms with Crippen molar-refractivity contribution in [3.63, 3.8) is 0 Å². The van der Waals surface area contributed by atoms with Gasteiger partial charge in [-0.25, -0.2) is 4.39 Å². The Morgan fingerprint density at radius 2 is 1.45 bits per heavy atom. The Morgan fingerprint density at radius 3 is 2.18 bits per heavy atom. The van der Waals surface area contributed by atoms with E-state index in [-0.39, 0.29) is 24.2 Å². The van der Waals surface area contributed by atoms with Crippen LogP contribution < -0.4 is 10.2 Å². The molecule has 4 aromatic rings. The summed E-state index contributed by atoms with van der Waals surface area (Å²) in [5, 5.41) is 3.07. The number of rotatable bonds is 9. The first-order valence-electron chi connectivity index (χ1n) is 14.9. The first-order chi connectivity index (χ1) is 21.5. The van der Waals surface area contributed by atoms with Crippen LogP contribution in [0.4, 0.5) is 10.1 Å². The number of carbonyl (C=O) groups excluding carboxylic acids is 2. The van der Waals surface area contributed by atoms with Crippen LogP contribution in [0.25, 0.3) is 6.08 Å². The van der Waals surface area contributed by atoms with E-state index in [1.165, 1.54) is 29.5 Å². The molecule has 0 aromatic heterocycles. The lowest BCUT2D eigenvalue weighted by atomic mass is 10.1. The van der Waals surface area contributed by atoms with Gasteiger partial charge in [0.1, 0.15) is 5.82 Å². The zero-order valence-corrected chi connectivity index (χ0v) is 25.3. The van der Waals surface area contributed by atoms with Crippen molar-refractivity contribution in [1.82, 2.24) is 15.1 Å². The summed E-state index contributed by atoms with van der Waals surface area (Å²) in [6.45, 7) is 6.51. The summed E-state index contributed by atoms with van der Waals surface area (Å²) in [5.74, 6) is -0.646. The zero-order valence-electron chi connectivity index (χ0n) is 24.5. The van der Waals surface area contributed by atoms with Gasteiger partial charge in [0.15, 0.2) is 0 Å². The molecule has 1 N–H and O–H groups in total. The topological polar surface area (TPSA) is 55.9 Å². The van der Waals surface area contributed by atoms with E-state index in [2.05, 4.69) is 39.4 Å². The number of hydrogen-bond acceptors (Lipinski definition) is 5. The fraction of sp³-hybridized carbons (Fsp3) is 0.222. The molecule has 44 heavy (non-hydrogen) atoms. The van der Waals surface area contributed by atoms with Crippen molar-refractivity contribution in [1.29, 1.82) is 0 Å². The molecule has 6 nitrogen and oxygen atoms in total. The summed E-state index contributed by atoms with van der Waals surface area (Å²) in [6, 6.07) is 31.9. The first kappa shape index (κ1) is 29.8. The number of halogens is 1. The molecule has 4 aromatic carbocycles. The van der Waals surface area contributed by atoms with Crippen LogP contribution in [0.1, 0.15) is 27.0 Å². The predicted octanol–water partition coefficient (Wildman–Crippen LogP) is 6.05. The lowest BCUT2D eigenvalue weighted by Gasteiger charge is -2.34. The van der Waals surface area contributed by atoms with Crippen molar-refractivity contribution in [3.8, 4) is 0 Å². The Morgan fingerprint density at radius 1 is 0.795 bits per heavy atom. The molecule has 1 saturated heterocycles. The quantitative estimate of drug-likeness (QED) is 0.235. The van der Waals surface area contributed by atoms with Crippen LogP contribution in [0.15, 0.2) is 113 Å². The number of nitrogens with zero attached hydrogens (tertiary/aromatic N) is 3. The number of fused-ring (bicyclic) bond motifs is 1. The highest BCUT2D eigenvalue weighted by atomic mass is 32.2. The predicted molar refractivity (Wildman–Crippen MR) is 175 cm³/mol. The van der Waals surface area contributed by atoms with E-state index in [1.54, 1.807) is 23.1 Å². The molecule has 0 saturated carbocycles. The van der Waals surface area contributed by atoms with Gasteiger partial charge in [0, 0.05) is 56.3 Å². The molecule has 2 heterocycles. The number of piperazine rings is 1. The van der Waals surface area contributed by atoms with Gasteiger partial charge in [-0.2, -0.15) is 0 Å². The molecule has 0 atom stereocenters. The second kappa shape index (κ2) is 14.0. The number of anilines is 1. The van der Waals surface area contributed by atoms with Gasteiger partial charge in [0.2, 0.25) is 0 Å². The third kappa shape index (κ3) is 7.45. The van der Waals surface area contributed by atoms with Crippen LogP contribution in [-0.4, -0.2) is 60.9 Å². The molecular weight excluding hydrogens is 571 g/mol. The zero-order chi connectivity index (χ0) is 30.3. The molecule has 0 unspecified atom stereocenters. The van der Waals surface area contributed by atoms with Crippen molar-refractivity contribution >= 4 is 35.3 Å². The summed E-state index contributed by atoms with van der Waals surface area (Å²) < 4.78 is 13.6. The van der Waals surface area contributed by atoms with Crippen LogP contribution in [0.2, 0.25) is 0 Å². The molecule has 0 aliphatic carbocycles. The van der Waals surface area contributed by atoms with E-state index in [4.69, 9.17) is 0 Å². The van der Waals surface area contributed by atoms with Crippen LogP contribution in [0.3, 0.4) is 0 Å². The Hall–Kier alpha value is -4.24. The van der Waals surface area contributed by atoms with E-state index < -0.39 is 0 Å². The Bertz CT molecular complexity index is 1620. The number of amides is 2. The summed E-state index contributed by atoms with van der Waals surface area (Å²) in [5.41, 5.74) is 4.25. The van der Waals surface area contributed by atoms with E-state index in [0.717, 1.165) is 55.3 Å². The second-order valence-electron chi connectivity index (χ2n) is 11.1. The van der Waals surface area contributed by atoms with E-state index in [0.29, 0.717) is 22.7 Å². The summed E-state index contributed by atoms with van der Waals surface area (Å²) in [6.07, 6.45) is 1.88. The standard InChI is InChI=1S/C36H35FN4O2S/c37-31-14-11-29(12-15-31)26-41-32-24-30(13-16-33(32)44-34(36(41)43)23-27-7-3-1-4-8-27)35(42)38-17-18-39-19-21-40(22-20-39)25-28-9-5-2-6-10-28/h1-16,23-24H,17-22,25-26H2,(H,38,42)/b34-23-. The van der Waals surface area contributed by atoms with Crippen molar-refractivity contribution < 1.29 is 14.0 Å². The van der Waals surface area contributed by atoms with Gasteiger partial charge in [-0.1, -0.05) is 84.6 Å². The number of hydrogen-bond donors (Lipinski definition) is 1. The Labute approximate surface area is 262 Å². The molecule has 6 rings (SSSR count). The van der Waals surface area contributed by atoms with Gasteiger partial charge in [0.25, 0.3) is 11.8 Å². The highest BCUT2D eigenvalue weighted by Crippen LogP contribution is 2.43. The highest BCUT2D eigenvalue weighted by Gasteiger charge is 2.30. The molecule has 0 bridgehead atoms. The average Bonchev–Trinajstić information content (AvgIpc) is 3.05. The van der Waals surface area contributed by atoms with Gasteiger partial charge in [-0.05, 0) is 53.1 Å². The van der Waals surface area contributed by atoms with Crippen molar-refractivity contribution in [2.75, 3.05) is 44.2 Å². The normalized spacial score (nSPS) is 16.6. The maximum absolute atomic E-state index is 13.8. The van der Waals surface area contributed by atoms with Gasteiger partial charge in [-0.3, -0.25) is 19.4 Å². The molecule has 2 aliphatic rings. The van der Waals surface area contributed by atoms with E-state index >= 15 is 0 Å². The SMILES string of the molecule is O=C(NCCN1CCN(Cc2ccccc2)CC1)c1ccc2c(c1)N(Cc1ccc(F)cc1)C(=O)/C(=C/c1ccccc1)S2. The summed E-state index contributed by atoms with van der Waals surface area (Å²) in [4.78, 5) is 35.0. The summed E-state index contributed by atoms with van der Waals surface area (Å²) >= 11 is 1.40. The smallest absolute Gasteiger partial charge is 0.265 e. The minimum atomic E-state index is -0.327. The first-order valence-corrected chi connectivity index (χ1v) is 15.8. The van der Waals surface area contributed by atoms with Gasteiger partial charge in [-0.15, -0.1) is 0 Å². The lowest BCUT2D eigenvalue weighted by Crippen LogP contribution is -2.48. The second-order valence-corrected chi connectivity index (χ2v) is 12.2. The third-order valence-corrected chi connectivity index (χ3v) is 9.04. The van der Waals surface area contributed by atoms with Crippen molar-refractivity contribution in [2.45, 2.75) is 18.0 Å². The van der Waals surface area contributed by atoms with E-state index in [1.807, 2.05) is 54.6 Å². The largest absolute Gasteiger partial charge is 0.351 e. The Balaban J connectivity index is 1.11. The Kier molecular flexibility index (Phi) is 9.51. The average molecular weight is 607 g/mol. The van der Waals surface area contributed by atoms with Crippen LogP contribution in [0.5, 0.6) is 0 Å². The van der Waals surface area contributed by atoms with Crippen molar-refractivity contribution in [2.24, 2.45) is 0 Å².